The zero-order valence-corrected chi connectivity index (χ0v) is 12.5. The van der Waals surface area contributed by atoms with Crippen LogP contribution in [0.5, 0.6) is 0 Å². The Morgan fingerprint density at radius 3 is 2.50 bits per heavy atom. The molecular formula is C16H26OS. The number of unbranched alkanes of at least 4 members (excludes halogenated alkanes) is 3. The first-order valence-electron chi connectivity index (χ1n) is 7.10. The van der Waals surface area contributed by atoms with Gasteiger partial charge in [0.15, 0.2) is 0 Å². The van der Waals surface area contributed by atoms with Crippen molar-refractivity contribution in [3.63, 3.8) is 0 Å². The minimum atomic E-state index is -0.141. The van der Waals surface area contributed by atoms with E-state index in [0.717, 1.165) is 18.6 Å². The summed E-state index contributed by atoms with van der Waals surface area (Å²) in [5.74, 6) is 1.37. The molecule has 0 bridgehead atoms. The van der Waals surface area contributed by atoms with Crippen molar-refractivity contribution >= 4 is 11.8 Å². The Labute approximate surface area is 116 Å². The van der Waals surface area contributed by atoms with Crippen LogP contribution in [-0.4, -0.2) is 17.0 Å². The quantitative estimate of drug-likeness (QED) is 0.514. The second-order valence-corrected chi connectivity index (χ2v) is 6.11. The molecule has 0 heterocycles. The van der Waals surface area contributed by atoms with E-state index in [2.05, 4.69) is 38.1 Å². The van der Waals surface area contributed by atoms with E-state index in [9.17, 15) is 5.11 Å². The van der Waals surface area contributed by atoms with Gasteiger partial charge in [-0.15, -0.1) is 11.8 Å². The third kappa shape index (κ3) is 6.46. The standard InChI is InChI=1S/C16H26OS/c1-3-4-5-9-12-16(17)14(2)13-18-15-10-7-6-8-11-15/h6-8,10-11,14,16-17H,3-5,9,12-13H2,1-2H3/t14-,16-/m0/s1. The van der Waals surface area contributed by atoms with Crippen molar-refractivity contribution in [1.82, 2.24) is 0 Å². The molecule has 0 aliphatic heterocycles. The predicted octanol–water partition coefficient (Wildman–Crippen LogP) is 4.75. The van der Waals surface area contributed by atoms with Crippen LogP contribution in [0.4, 0.5) is 0 Å². The normalized spacial score (nSPS) is 14.4. The molecular weight excluding hydrogens is 240 g/mol. The molecule has 1 nitrogen and oxygen atoms in total. The number of hydrogen-bond donors (Lipinski definition) is 1. The van der Waals surface area contributed by atoms with Gasteiger partial charge in [0.05, 0.1) is 6.10 Å². The van der Waals surface area contributed by atoms with Crippen molar-refractivity contribution in [1.29, 1.82) is 0 Å². The summed E-state index contributed by atoms with van der Waals surface area (Å²) in [6.07, 6.45) is 5.78. The van der Waals surface area contributed by atoms with E-state index in [-0.39, 0.29) is 6.10 Å². The Kier molecular flexibility index (Phi) is 8.19. The fraction of sp³-hybridized carbons (Fsp3) is 0.625. The molecule has 0 aliphatic rings. The number of hydrogen-bond acceptors (Lipinski definition) is 2. The van der Waals surface area contributed by atoms with Gasteiger partial charge in [0.25, 0.3) is 0 Å². The highest BCUT2D eigenvalue weighted by Crippen LogP contribution is 2.23. The topological polar surface area (TPSA) is 20.2 Å². The van der Waals surface area contributed by atoms with Gasteiger partial charge in [0, 0.05) is 10.6 Å². The molecule has 102 valence electrons. The van der Waals surface area contributed by atoms with Gasteiger partial charge in [-0.25, -0.2) is 0 Å². The van der Waals surface area contributed by atoms with Crippen LogP contribution < -0.4 is 0 Å². The number of aliphatic hydroxyl groups excluding tert-OH is 1. The summed E-state index contributed by atoms with van der Waals surface area (Å²) in [6, 6.07) is 10.4. The van der Waals surface area contributed by atoms with E-state index in [1.807, 2.05) is 17.8 Å². The second kappa shape index (κ2) is 9.46. The zero-order valence-electron chi connectivity index (χ0n) is 11.6. The number of aliphatic hydroxyl groups is 1. The summed E-state index contributed by atoms with van der Waals surface area (Å²) in [6.45, 7) is 4.37. The van der Waals surface area contributed by atoms with E-state index in [1.165, 1.54) is 24.2 Å². The maximum atomic E-state index is 10.1. The summed E-state index contributed by atoms with van der Waals surface area (Å²) in [5, 5.41) is 10.1. The van der Waals surface area contributed by atoms with Gasteiger partial charge >= 0.3 is 0 Å². The predicted molar refractivity (Wildman–Crippen MR) is 81.1 cm³/mol. The fourth-order valence-electron chi connectivity index (χ4n) is 1.92. The molecule has 0 unspecified atom stereocenters. The molecule has 0 aromatic heterocycles. The lowest BCUT2D eigenvalue weighted by Gasteiger charge is -2.18. The number of thioether (sulfide) groups is 1. The molecule has 1 N–H and O–H groups in total. The third-order valence-electron chi connectivity index (χ3n) is 3.27. The first kappa shape index (κ1) is 15.6. The average Bonchev–Trinajstić information content (AvgIpc) is 2.42. The average molecular weight is 266 g/mol. The first-order chi connectivity index (χ1) is 8.74. The van der Waals surface area contributed by atoms with Crippen LogP contribution in [0.3, 0.4) is 0 Å². The third-order valence-corrected chi connectivity index (χ3v) is 4.56. The SMILES string of the molecule is CCCCCC[C@H](O)[C@@H](C)CSc1ccccc1. The molecule has 1 rings (SSSR count). The van der Waals surface area contributed by atoms with E-state index >= 15 is 0 Å². The molecule has 18 heavy (non-hydrogen) atoms. The maximum absolute atomic E-state index is 10.1. The maximum Gasteiger partial charge on any atom is 0.0573 e. The van der Waals surface area contributed by atoms with Gasteiger partial charge < -0.3 is 5.11 Å². The highest BCUT2D eigenvalue weighted by atomic mass is 32.2. The molecule has 0 amide bonds. The van der Waals surface area contributed by atoms with Crippen molar-refractivity contribution in [2.24, 2.45) is 5.92 Å². The number of benzene rings is 1. The highest BCUT2D eigenvalue weighted by molar-refractivity contribution is 7.99. The van der Waals surface area contributed by atoms with Crippen molar-refractivity contribution in [2.75, 3.05) is 5.75 Å². The molecule has 0 spiro atoms. The molecule has 2 atom stereocenters. The van der Waals surface area contributed by atoms with Crippen LogP contribution in [0.1, 0.15) is 46.0 Å². The molecule has 0 fully saturated rings. The van der Waals surface area contributed by atoms with Crippen LogP contribution in [0.2, 0.25) is 0 Å². The lowest BCUT2D eigenvalue weighted by molar-refractivity contribution is 0.115. The Balaban J connectivity index is 2.17. The highest BCUT2D eigenvalue weighted by Gasteiger charge is 2.13. The van der Waals surface area contributed by atoms with Gasteiger partial charge in [-0.05, 0) is 24.5 Å². The molecule has 0 saturated carbocycles. The van der Waals surface area contributed by atoms with E-state index < -0.39 is 0 Å². The van der Waals surface area contributed by atoms with Crippen LogP contribution in [-0.2, 0) is 0 Å². The fourth-order valence-corrected chi connectivity index (χ4v) is 2.95. The summed E-state index contributed by atoms with van der Waals surface area (Å²) >= 11 is 1.84. The van der Waals surface area contributed by atoms with Gasteiger partial charge in [0.2, 0.25) is 0 Å². The number of rotatable bonds is 9. The van der Waals surface area contributed by atoms with Crippen molar-refractivity contribution in [3.8, 4) is 0 Å². The van der Waals surface area contributed by atoms with Crippen molar-refractivity contribution in [3.05, 3.63) is 30.3 Å². The van der Waals surface area contributed by atoms with Gasteiger partial charge in [-0.1, -0.05) is 57.7 Å². The van der Waals surface area contributed by atoms with Crippen LogP contribution in [0.25, 0.3) is 0 Å². The molecule has 1 aromatic rings. The second-order valence-electron chi connectivity index (χ2n) is 5.02. The minimum Gasteiger partial charge on any atom is -0.393 e. The van der Waals surface area contributed by atoms with Crippen LogP contribution in [0.15, 0.2) is 35.2 Å². The van der Waals surface area contributed by atoms with Gasteiger partial charge in [-0.2, -0.15) is 0 Å². The van der Waals surface area contributed by atoms with E-state index in [0.29, 0.717) is 5.92 Å². The Bertz CT molecular complexity index is 299. The van der Waals surface area contributed by atoms with Crippen molar-refractivity contribution in [2.45, 2.75) is 57.0 Å². The van der Waals surface area contributed by atoms with Crippen molar-refractivity contribution < 1.29 is 5.11 Å². The Morgan fingerprint density at radius 2 is 1.83 bits per heavy atom. The molecule has 0 radical (unpaired) electrons. The monoisotopic (exact) mass is 266 g/mol. The van der Waals surface area contributed by atoms with E-state index in [4.69, 9.17) is 0 Å². The Hall–Kier alpha value is -0.470. The first-order valence-corrected chi connectivity index (χ1v) is 8.08. The van der Waals surface area contributed by atoms with Crippen LogP contribution in [0, 0.1) is 5.92 Å². The summed E-state index contributed by atoms with van der Waals surface area (Å²) in [5.41, 5.74) is 0. The van der Waals surface area contributed by atoms with Gasteiger partial charge in [-0.3, -0.25) is 0 Å². The van der Waals surface area contributed by atoms with Gasteiger partial charge in [0.1, 0.15) is 0 Å². The lowest BCUT2D eigenvalue weighted by Crippen LogP contribution is -2.19. The lowest BCUT2D eigenvalue weighted by atomic mass is 10.0. The van der Waals surface area contributed by atoms with Crippen LogP contribution >= 0.6 is 11.8 Å². The Morgan fingerprint density at radius 1 is 1.11 bits per heavy atom. The molecule has 1 aromatic carbocycles. The summed E-state index contributed by atoms with van der Waals surface area (Å²) in [4.78, 5) is 1.29. The smallest absolute Gasteiger partial charge is 0.0573 e. The zero-order chi connectivity index (χ0) is 13.2. The minimum absolute atomic E-state index is 0.141. The van der Waals surface area contributed by atoms with E-state index in [1.54, 1.807) is 0 Å². The summed E-state index contributed by atoms with van der Waals surface area (Å²) < 4.78 is 0. The molecule has 2 heteroatoms. The molecule has 0 aliphatic carbocycles. The largest absolute Gasteiger partial charge is 0.393 e. The molecule has 0 saturated heterocycles. The summed E-state index contributed by atoms with van der Waals surface area (Å²) in [7, 11) is 0.